The van der Waals surface area contributed by atoms with Gasteiger partial charge < -0.3 is 16.2 Å². The normalized spacial score (nSPS) is 11.7. The third-order valence-corrected chi connectivity index (χ3v) is 0.414. The van der Waals surface area contributed by atoms with Crippen LogP contribution >= 0.6 is 0 Å². The predicted molar refractivity (Wildman–Crippen MR) is 21.4 cm³/mol. The molecule has 4 heteroatoms. The van der Waals surface area contributed by atoms with Gasteiger partial charge in [-0.3, -0.25) is 0 Å². The van der Waals surface area contributed by atoms with Gasteiger partial charge in [-0.25, -0.2) is 0 Å². The molecule has 0 bridgehead atoms. The van der Waals surface area contributed by atoms with Crippen LogP contribution in [0.2, 0.25) is 0 Å². The van der Waals surface area contributed by atoms with E-state index in [0.29, 0.717) is 0 Å². The van der Waals surface area contributed by atoms with Crippen LogP contribution in [0.3, 0.4) is 0 Å². The summed E-state index contributed by atoms with van der Waals surface area (Å²) in [6.07, 6.45) is 0. The van der Waals surface area contributed by atoms with Gasteiger partial charge in [0.1, 0.15) is 0 Å². The average molecular weight is 110 g/mol. The van der Waals surface area contributed by atoms with Crippen LogP contribution in [0.5, 0.6) is 0 Å². The second-order valence-electron chi connectivity index (χ2n) is 1.15. The summed E-state index contributed by atoms with van der Waals surface area (Å²) in [4.78, 5) is 0. The Morgan fingerprint density at radius 1 is 1.86 bits per heavy atom. The molecular weight excluding hydrogens is 103 g/mol. The van der Waals surface area contributed by atoms with Gasteiger partial charge in [-0.2, -0.15) is 0 Å². The molecule has 0 unspecified atom stereocenters. The van der Waals surface area contributed by atoms with E-state index in [1.165, 1.54) is 6.92 Å². The van der Waals surface area contributed by atoms with Crippen LogP contribution in [-0.2, 0) is 0 Å². The zero-order valence-corrected chi connectivity index (χ0v) is 6.56. The molecule has 0 fully saturated rings. The van der Waals surface area contributed by atoms with Crippen LogP contribution < -0.4 is 40.4 Å². The topological polar surface area (TPSA) is 72.9 Å². The Bertz CT molecular complexity index is 64.0. The molecule has 0 aromatic heterocycles. The van der Waals surface area contributed by atoms with Crippen molar-refractivity contribution in [3.05, 3.63) is 0 Å². The Kier molecular flexibility index (Phi) is 6.82. The first-order valence-electron chi connectivity index (χ1n) is 1.65. The number of rotatable bonds is 1. The fourth-order valence-electron chi connectivity index (χ4n) is 0. The maximum absolute atomic E-state index is 9.69. The molecule has 0 aliphatic carbocycles. The monoisotopic (exact) mass is 110 g/mol. The molecule has 0 saturated carbocycles. The molecule has 0 aromatic rings. The summed E-state index contributed by atoms with van der Waals surface area (Å²) < 4.78 is 0. The number of nitrogens with one attached hydrogen (secondary N) is 1. The molecule has 0 saturated heterocycles. The number of nitrogens with two attached hydrogens (primary N) is 1. The summed E-state index contributed by atoms with van der Waals surface area (Å²) in [7, 11) is 0. The van der Waals surface area contributed by atoms with E-state index in [1.54, 1.807) is 0 Å². The van der Waals surface area contributed by atoms with Crippen LogP contribution in [0, 0.1) is 5.41 Å². The first kappa shape index (κ1) is 10.4. The summed E-state index contributed by atoms with van der Waals surface area (Å²) in [6.45, 7) is 1.48. The molecule has 3 nitrogen and oxygen atoms in total. The van der Waals surface area contributed by atoms with E-state index in [2.05, 4.69) is 0 Å². The predicted octanol–water partition coefficient (Wildman–Crippen LogP) is -4.32. The van der Waals surface area contributed by atoms with Crippen LogP contribution in [0.1, 0.15) is 6.92 Å². The van der Waals surface area contributed by atoms with Gasteiger partial charge in [-0.1, -0.05) is 0 Å². The molecule has 36 valence electrons. The average Bonchev–Trinajstić information content (AvgIpc) is 1.36. The van der Waals surface area contributed by atoms with Gasteiger partial charge in [-0.15, -0.1) is 0 Å². The van der Waals surface area contributed by atoms with Crippen LogP contribution in [-0.4, -0.2) is 11.9 Å². The van der Waals surface area contributed by atoms with Crippen LogP contribution in [0.15, 0.2) is 0 Å². The molecule has 0 spiro atoms. The zero-order chi connectivity index (χ0) is 5.15. The van der Waals surface area contributed by atoms with Crippen molar-refractivity contribution < 1.29 is 34.7 Å². The van der Waals surface area contributed by atoms with Gasteiger partial charge in [-0.05, 0) is 12.8 Å². The summed E-state index contributed by atoms with van der Waals surface area (Å²) in [6, 6.07) is -0.620. The second-order valence-corrected chi connectivity index (χ2v) is 1.15. The molecule has 0 rings (SSSR count). The third-order valence-electron chi connectivity index (χ3n) is 0.414. The van der Waals surface area contributed by atoms with E-state index >= 15 is 0 Å². The van der Waals surface area contributed by atoms with Crippen molar-refractivity contribution in [3.8, 4) is 0 Å². The molecule has 7 heavy (non-hydrogen) atoms. The van der Waals surface area contributed by atoms with Crippen molar-refractivity contribution in [2.75, 3.05) is 0 Å². The Morgan fingerprint density at radius 2 is 2.00 bits per heavy atom. The summed E-state index contributed by atoms with van der Waals surface area (Å²) in [5, 5.41) is 16.0. The maximum Gasteiger partial charge on any atom is 1.00 e. The van der Waals surface area contributed by atoms with E-state index in [0.717, 1.165) is 0 Å². The molecule has 0 heterocycles. The first-order valence-corrected chi connectivity index (χ1v) is 1.65. The fraction of sp³-hybridized carbons (Fsp3) is 0.667. The first-order chi connectivity index (χ1) is 2.64. The minimum atomic E-state index is -0.713. The summed E-state index contributed by atoms with van der Waals surface area (Å²) in [5.41, 5.74) is 4.90. The van der Waals surface area contributed by atoms with E-state index in [4.69, 9.17) is 11.1 Å². The molecule has 0 aliphatic rings. The van der Waals surface area contributed by atoms with Gasteiger partial charge >= 0.3 is 29.6 Å². The summed E-state index contributed by atoms with van der Waals surface area (Å²) >= 11 is 0. The molecular formula is C3H7N2NaO. The molecule has 0 amide bonds. The molecule has 0 aliphatic heterocycles. The van der Waals surface area contributed by atoms with Crippen molar-refractivity contribution >= 4 is 5.90 Å². The molecule has 3 N–H and O–H groups in total. The largest absolute Gasteiger partial charge is 1.00 e. The van der Waals surface area contributed by atoms with E-state index in [1.807, 2.05) is 0 Å². The van der Waals surface area contributed by atoms with E-state index in [9.17, 15) is 5.11 Å². The van der Waals surface area contributed by atoms with Crippen molar-refractivity contribution in [1.82, 2.24) is 0 Å². The van der Waals surface area contributed by atoms with Crippen molar-refractivity contribution in [2.24, 2.45) is 5.73 Å². The number of hydrogen-bond donors (Lipinski definition) is 2. The smallest absolute Gasteiger partial charge is 0.861 e. The fourth-order valence-corrected chi connectivity index (χ4v) is 0. The van der Waals surface area contributed by atoms with Gasteiger partial charge in [0.05, 0.1) is 0 Å². The molecule has 0 aromatic carbocycles. The van der Waals surface area contributed by atoms with E-state index < -0.39 is 11.9 Å². The molecule has 0 radical (unpaired) electrons. The van der Waals surface area contributed by atoms with Crippen molar-refractivity contribution in [3.63, 3.8) is 0 Å². The minimum Gasteiger partial charge on any atom is -0.861 e. The van der Waals surface area contributed by atoms with Crippen LogP contribution in [0.25, 0.3) is 0 Å². The Labute approximate surface area is 64.7 Å². The maximum atomic E-state index is 9.69. The standard InChI is InChI=1S/C3H8N2O.Na/c1-2(4)3(5)6;/h2H,4H2,1H3,(H2,5,6);/q;+1/p-1/t2-;/m0./s1. The van der Waals surface area contributed by atoms with Gasteiger partial charge in [0.2, 0.25) is 0 Å². The minimum absolute atomic E-state index is 0. The van der Waals surface area contributed by atoms with E-state index in [-0.39, 0.29) is 29.6 Å². The number of hydrogen-bond acceptors (Lipinski definition) is 3. The SMILES string of the molecule is C[C@H](N)C(=N)[O-].[Na+]. The van der Waals surface area contributed by atoms with Crippen LogP contribution in [0.4, 0.5) is 0 Å². The Hall–Kier alpha value is 0.430. The van der Waals surface area contributed by atoms with Gasteiger partial charge in [0.25, 0.3) is 0 Å². The second kappa shape index (κ2) is 4.59. The van der Waals surface area contributed by atoms with Crippen molar-refractivity contribution in [1.29, 1.82) is 5.41 Å². The quantitative estimate of drug-likeness (QED) is 0.203. The Morgan fingerprint density at radius 3 is 2.00 bits per heavy atom. The Balaban J connectivity index is 0. The zero-order valence-electron chi connectivity index (χ0n) is 4.56. The van der Waals surface area contributed by atoms with Crippen molar-refractivity contribution in [2.45, 2.75) is 13.0 Å². The molecule has 1 atom stereocenters. The summed E-state index contributed by atoms with van der Waals surface area (Å²) in [5.74, 6) is -0.713. The third kappa shape index (κ3) is 6.43. The van der Waals surface area contributed by atoms with Gasteiger partial charge in [0, 0.05) is 6.04 Å². The van der Waals surface area contributed by atoms with Gasteiger partial charge in [0.15, 0.2) is 0 Å².